The maximum absolute atomic E-state index is 5.94. The van der Waals surface area contributed by atoms with Crippen molar-refractivity contribution >= 4 is 29.9 Å². The molecule has 1 unspecified atom stereocenters. The van der Waals surface area contributed by atoms with Gasteiger partial charge in [-0.25, -0.2) is 0 Å². The average molecular weight is 394 g/mol. The summed E-state index contributed by atoms with van der Waals surface area (Å²) in [5.74, 6) is 2.16. The minimum absolute atomic E-state index is 0. The van der Waals surface area contributed by atoms with Crippen LogP contribution in [0.1, 0.15) is 46.0 Å². The summed E-state index contributed by atoms with van der Waals surface area (Å²) in [5, 5.41) is 3.27. The summed E-state index contributed by atoms with van der Waals surface area (Å²) in [6.45, 7) is 8.87. The summed E-state index contributed by atoms with van der Waals surface area (Å²) in [5.41, 5.74) is 5.94. The number of aliphatic imine (C=N–C) groups is 1. The molecule has 1 heterocycles. The smallest absolute Gasteiger partial charge is 0.188 e. The van der Waals surface area contributed by atoms with Crippen LogP contribution in [0.2, 0.25) is 0 Å². The van der Waals surface area contributed by atoms with Crippen LogP contribution in [0.3, 0.4) is 0 Å². The Morgan fingerprint density at radius 1 is 1.25 bits per heavy atom. The van der Waals surface area contributed by atoms with Crippen LogP contribution in [-0.4, -0.2) is 43.1 Å². The minimum atomic E-state index is 0. The molecule has 2 rings (SSSR count). The zero-order chi connectivity index (χ0) is 13.7. The van der Waals surface area contributed by atoms with E-state index in [-0.39, 0.29) is 24.0 Å². The van der Waals surface area contributed by atoms with E-state index in [1.54, 1.807) is 0 Å². The van der Waals surface area contributed by atoms with Gasteiger partial charge in [-0.2, -0.15) is 0 Å². The van der Waals surface area contributed by atoms with Gasteiger partial charge in [0.1, 0.15) is 0 Å². The van der Waals surface area contributed by atoms with Crippen LogP contribution in [0.15, 0.2) is 4.99 Å². The molecule has 0 aromatic rings. The third kappa shape index (κ3) is 5.76. The lowest BCUT2D eigenvalue weighted by atomic mass is 9.85. The molecule has 1 saturated carbocycles. The second-order valence-corrected chi connectivity index (χ2v) is 6.50. The van der Waals surface area contributed by atoms with Crippen LogP contribution in [0.25, 0.3) is 0 Å². The summed E-state index contributed by atoms with van der Waals surface area (Å²) in [6, 6.07) is 0.654. The third-order valence-corrected chi connectivity index (χ3v) is 4.60. The van der Waals surface area contributed by atoms with E-state index in [0.29, 0.717) is 17.9 Å². The highest BCUT2D eigenvalue weighted by Gasteiger charge is 2.21. The van der Waals surface area contributed by atoms with Crippen molar-refractivity contribution in [3.63, 3.8) is 0 Å². The number of halogens is 1. The summed E-state index contributed by atoms with van der Waals surface area (Å²) >= 11 is 0. The standard InChI is InChI=1S/C15H30N4.HI/c1-12(2)19-8-4-7-14(11-19)10-18-15(16)17-9-13-5-3-6-13;/h12-14H,3-11H2,1-2H3,(H3,16,17,18);1H. The molecule has 0 aromatic carbocycles. The van der Waals surface area contributed by atoms with Crippen molar-refractivity contribution in [2.24, 2.45) is 22.6 Å². The van der Waals surface area contributed by atoms with E-state index >= 15 is 0 Å². The van der Waals surface area contributed by atoms with Gasteiger partial charge < -0.3 is 16.0 Å². The highest BCUT2D eigenvalue weighted by Crippen LogP contribution is 2.25. The number of hydrogen-bond acceptors (Lipinski definition) is 2. The number of rotatable bonds is 5. The summed E-state index contributed by atoms with van der Waals surface area (Å²) in [6.07, 6.45) is 6.69. The lowest BCUT2D eigenvalue weighted by molar-refractivity contribution is 0.143. The van der Waals surface area contributed by atoms with E-state index in [9.17, 15) is 0 Å². The average Bonchev–Trinajstić information content (AvgIpc) is 2.35. The minimum Gasteiger partial charge on any atom is -0.370 e. The normalized spacial score (nSPS) is 25.1. The van der Waals surface area contributed by atoms with Crippen molar-refractivity contribution in [3.8, 4) is 0 Å². The Morgan fingerprint density at radius 2 is 1.95 bits per heavy atom. The molecular weight excluding hydrogens is 363 g/mol. The maximum Gasteiger partial charge on any atom is 0.188 e. The van der Waals surface area contributed by atoms with Crippen LogP contribution < -0.4 is 11.1 Å². The fourth-order valence-corrected chi connectivity index (χ4v) is 2.94. The Balaban J connectivity index is 0.00000200. The number of likely N-dealkylation sites (tertiary alicyclic amines) is 1. The summed E-state index contributed by atoms with van der Waals surface area (Å²) < 4.78 is 0. The van der Waals surface area contributed by atoms with Crippen LogP contribution in [-0.2, 0) is 0 Å². The van der Waals surface area contributed by atoms with E-state index in [4.69, 9.17) is 5.73 Å². The van der Waals surface area contributed by atoms with Crippen molar-refractivity contribution in [1.29, 1.82) is 0 Å². The quantitative estimate of drug-likeness (QED) is 0.428. The highest BCUT2D eigenvalue weighted by molar-refractivity contribution is 14.0. The number of nitrogens with two attached hydrogens (primary N) is 1. The third-order valence-electron chi connectivity index (χ3n) is 4.60. The first-order chi connectivity index (χ1) is 9.15. The lowest BCUT2D eigenvalue weighted by Gasteiger charge is -2.34. The number of hydrogen-bond donors (Lipinski definition) is 2. The second-order valence-electron chi connectivity index (χ2n) is 6.50. The van der Waals surface area contributed by atoms with Gasteiger partial charge in [0.15, 0.2) is 5.96 Å². The molecule has 5 heteroatoms. The predicted molar refractivity (Wildman–Crippen MR) is 96.7 cm³/mol. The van der Waals surface area contributed by atoms with Gasteiger partial charge in [-0.1, -0.05) is 6.42 Å². The molecule has 20 heavy (non-hydrogen) atoms. The second kappa shape index (κ2) is 9.07. The molecule has 1 saturated heterocycles. The first-order valence-corrected chi connectivity index (χ1v) is 7.93. The van der Waals surface area contributed by atoms with E-state index < -0.39 is 0 Å². The zero-order valence-electron chi connectivity index (χ0n) is 13.0. The molecule has 0 spiro atoms. The summed E-state index contributed by atoms with van der Waals surface area (Å²) in [4.78, 5) is 7.09. The van der Waals surface area contributed by atoms with Crippen molar-refractivity contribution in [1.82, 2.24) is 10.2 Å². The SMILES string of the molecule is CC(C)N1CCCC(CN=C(N)NCC2CCC2)C1.I. The van der Waals surface area contributed by atoms with E-state index in [1.165, 1.54) is 45.2 Å². The number of nitrogens with zero attached hydrogens (tertiary/aromatic N) is 2. The molecule has 0 radical (unpaired) electrons. The molecule has 4 nitrogen and oxygen atoms in total. The first kappa shape index (κ1) is 18.0. The van der Waals surface area contributed by atoms with Crippen LogP contribution in [0.5, 0.6) is 0 Å². The first-order valence-electron chi connectivity index (χ1n) is 7.93. The van der Waals surface area contributed by atoms with Crippen LogP contribution >= 0.6 is 24.0 Å². The Kier molecular flexibility index (Phi) is 8.17. The molecule has 1 aliphatic carbocycles. The summed E-state index contributed by atoms with van der Waals surface area (Å²) in [7, 11) is 0. The Bertz CT molecular complexity index is 302. The Labute approximate surface area is 141 Å². The number of piperidine rings is 1. The van der Waals surface area contributed by atoms with Gasteiger partial charge in [0.2, 0.25) is 0 Å². The van der Waals surface area contributed by atoms with Gasteiger partial charge in [-0.05, 0) is 57.9 Å². The number of guanidine groups is 1. The van der Waals surface area contributed by atoms with Crippen molar-refractivity contribution in [3.05, 3.63) is 0 Å². The van der Waals surface area contributed by atoms with Crippen molar-refractivity contribution < 1.29 is 0 Å². The maximum atomic E-state index is 5.94. The lowest BCUT2D eigenvalue weighted by Crippen LogP contribution is -2.41. The van der Waals surface area contributed by atoms with E-state index in [0.717, 1.165) is 19.0 Å². The molecular formula is C15H31IN4. The van der Waals surface area contributed by atoms with Crippen molar-refractivity contribution in [2.45, 2.75) is 52.0 Å². The molecule has 0 amide bonds. The molecule has 0 aromatic heterocycles. The van der Waals surface area contributed by atoms with Gasteiger partial charge in [-0.15, -0.1) is 24.0 Å². The Morgan fingerprint density at radius 3 is 2.55 bits per heavy atom. The van der Waals surface area contributed by atoms with Gasteiger partial charge in [-0.3, -0.25) is 4.99 Å². The monoisotopic (exact) mass is 394 g/mol. The molecule has 3 N–H and O–H groups in total. The Hall–Kier alpha value is -0.0400. The topological polar surface area (TPSA) is 53.6 Å². The molecule has 2 fully saturated rings. The van der Waals surface area contributed by atoms with Crippen LogP contribution in [0, 0.1) is 11.8 Å². The fourth-order valence-electron chi connectivity index (χ4n) is 2.94. The molecule has 1 aliphatic heterocycles. The zero-order valence-corrected chi connectivity index (χ0v) is 15.3. The van der Waals surface area contributed by atoms with E-state index in [2.05, 4.69) is 29.1 Å². The van der Waals surface area contributed by atoms with Gasteiger partial charge >= 0.3 is 0 Å². The molecule has 118 valence electrons. The van der Waals surface area contributed by atoms with Crippen LogP contribution in [0.4, 0.5) is 0 Å². The fraction of sp³-hybridized carbons (Fsp3) is 0.933. The van der Waals surface area contributed by atoms with Gasteiger partial charge in [0.25, 0.3) is 0 Å². The molecule has 1 atom stereocenters. The van der Waals surface area contributed by atoms with Gasteiger partial charge in [0, 0.05) is 25.7 Å². The van der Waals surface area contributed by atoms with Crippen molar-refractivity contribution in [2.75, 3.05) is 26.2 Å². The number of nitrogens with one attached hydrogen (secondary N) is 1. The predicted octanol–water partition coefficient (Wildman–Crippen LogP) is 2.43. The molecule has 0 bridgehead atoms. The van der Waals surface area contributed by atoms with Gasteiger partial charge in [0.05, 0.1) is 0 Å². The van der Waals surface area contributed by atoms with E-state index in [1.807, 2.05) is 0 Å². The highest BCUT2D eigenvalue weighted by atomic mass is 127. The molecule has 2 aliphatic rings. The largest absolute Gasteiger partial charge is 0.370 e.